The quantitative estimate of drug-likeness (QED) is 0.821. The third-order valence-corrected chi connectivity index (χ3v) is 5.57. The lowest BCUT2D eigenvalue weighted by molar-refractivity contribution is -0.126. The van der Waals surface area contributed by atoms with Gasteiger partial charge in [-0.3, -0.25) is 9.59 Å². The van der Waals surface area contributed by atoms with E-state index in [1.807, 2.05) is 55.1 Å². The van der Waals surface area contributed by atoms with Crippen molar-refractivity contribution >= 4 is 23.4 Å². The van der Waals surface area contributed by atoms with Crippen molar-refractivity contribution in [2.45, 2.75) is 33.1 Å². The summed E-state index contributed by atoms with van der Waals surface area (Å²) in [6, 6.07) is 13.6. The number of hydrogen-bond acceptors (Lipinski definition) is 2. The molecule has 1 aliphatic rings. The topological polar surface area (TPSA) is 49.4 Å². The van der Waals surface area contributed by atoms with Crippen molar-refractivity contribution in [2.75, 3.05) is 19.6 Å². The van der Waals surface area contributed by atoms with Crippen molar-refractivity contribution in [3.63, 3.8) is 0 Å². The maximum Gasteiger partial charge on any atom is 0.253 e. The molecule has 3 rings (SSSR count). The number of piperidine rings is 1. The Morgan fingerprint density at radius 3 is 2.57 bits per heavy atom. The molecule has 0 radical (unpaired) electrons. The Kier molecular flexibility index (Phi) is 6.74. The molecule has 2 aromatic carbocycles. The minimum atomic E-state index is -0.158. The predicted molar refractivity (Wildman–Crippen MR) is 113 cm³/mol. The number of nitrogens with one attached hydrogen (secondary N) is 1. The van der Waals surface area contributed by atoms with Gasteiger partial charge in [0.15, 0.2) is 0 Å². The summed E-state index contributed by atoms with van der Waals surface area (Å²) in [5.74, 6) is -0.125. The number of aryl methyl sites for hydroxylation is 2. The van der Waals surface area contributed by atoms with Crippen LogP contribution in [0.25, 0.3) is 0 Å². The van der Waals surface area contributed by atoms with Crippen molar-refractivity contribution < 1.29 is 9.59 Å². The van der Waals surface area contributed by atoms with E-state index in [-0.39, 0.29) is 17.7 Å². The number of amides is 2. The summed E-state index contributed by atoms with van der Waals surface area (Å²) in [5.41, 5.74) is 3.89. The lowest BCUT2D eigenvalue weighted by Gasteiger charge is -2.32. The van der Waals surface area contributed by atoms with Gasteiger partial charge in [-0.2, -0.15) is 0 Å². The van der Waals surface area contributed by atoms with Crippen LogP contribution in [0.5, 0.6) is 0 Å². The van der Waals surface area contributed by atoms with Crippen LogP contribution in [-0.4, -0.2) is 36.3 Å². The average molecular weight is 399 g/mol. The molecule has 2 aromatic rings. The third-order valence-electron chi connectivity index (χ3n) is 5.20. The zero-order valence-electron chi connectivity index (χ0n) is 16.5. The zero-order valence-corrected chi connectivity index (χ0v) is 17.3. The van der Waals surface area contributed by atoms with Crippen LogP contribution in [0.15, 0.2) is 42.5 Å². The fourth-order valence-corrected chi connectivity index (χ4v) is 4.05. The summed E-state index contributed by atoms with van der Waals surface area (Å²) in [6.45, 7) is 5.72. The molecule has 1 atom stereocenters. The number of rotatable bonds is 5. The van der Waals surface area contributed by atoms with Crippen LogP contribution >= 0.6 is 11.6 Å². The van der Waals surface area contributed by atoms with Crippen molar-refractivity contribution in [1.82, 2.24) is 10.2 Å². The van der Waals surface area contributed by atoms with Gasteiger partial charge in [0.25, 0.3) is 5.91 Å². The van der Waals surface area contributed by atoms with Crippen molar-refractivity contribution in [1.29, 1.82) is 0 Å². The molecule has 0 aromatic heterocycles. The van der Waals surface area contributed by atoms with Gasteiger partial charge in [-0.25, -0.2) is 0 Å². The number of nitrogens with zero attached hydrogens (tertiary/aromatic N) is 1. The maximum atomic E-state index is 12.9. The highest BCUT2D eigenvalue weighted by atomic mass is 35.5. The Balaban J connectivity index is 1.55. The molecule has 148 valence electrons. The number of halogens is 1. The second kappa shape index (κ2) is 9.24. The van der Waals surface area contributed by atoms with Gasteiger partial charge in [-0.1, -0.05) is 47.0 Å². The highest BCUT2D eigenvalue weighted by Crippen LogP contribution is 2.20. The fraction of sp³-hybridized carbons (Fsp3) is 0.391. The van der Waals surface area contributed by atoms with E-state index in [0.29, 0.717) is 31.6 Å². The minimum Gasteiger partial charge on any atom is -0.355 e. The van der Waals surface area contributed by atoms with Crippen molar-refractivity contribution in [3.05, 3.63) is 69.7 Å². The molecule has 0 spiro atoms. The molecule has 4 nitrogen and oxygen atoms in total. The zero-order chi connectivity index (χ0) is 20.1. The van der Waals surface area contributed by atoms with E-state index in [0.717, 1.165) is 34.6 Å². The molecule has 28 heavy (non-hydrogen) atoms. The number of carbonyl (C=O) groups excluding carboxylic acids is 2. The predicted octanol–water partition coefficient (Wildman–Crippen LogP) is 4.17. The monoisotopic (exact) mass is 398 g/mol. The number of carbonyl (C=O) groups is 2. The van der Waals surface area contributed by atoms with Crippen LogP contribution in [0.1, 0.15) is 39.9 Å². The lowest BCUT2D eigenvalue weighted by atomic mass is 9.96. The highest BCUT2D eigenvalue weighted by Gasteiger charge is 2.28. The summed E-state index contributed by atoms with van der Waals surface area (Å²) >= 11 is 6.17. The summed E-state index contributed by atoms with van der Waals surface area (Å²) in [6.07, 6.45) is 2.36. The molecule has 5 heteroatoms. The summed E-state index contributed by atoms with van der Waals surface area (Å²) < 4.78 is 0. The smallest absolute Gasteiger partial charge is 0.253 e. The van der Waals surface area contributed by atoms with E-state index in [1.165, 1.54) is 0 Å². The van der Waals surface area contributed by atoms with Crippen LogP contribution in [0, 0.1) is 19.8 Å². The second-order valence-corrected chi connectivity index (χ2v) is 8.01. The molecular weight excluding hydrogens is 372 g/mol. The van der Waals surface area contributed by atoms with E-state index >= 15 is 0 Å². The molecule has 1 heterocycles. The SMILES string of the molecule is Cc1cc(C)cc(C(=O)N2CCC[C@@H](C(=O)NCCc3ccccc3Cl)C2)c1. The Hall–Kier alpha value is -2.33. The summed E-state index contributed by atoms with van der Waals surface area (Å²) in [4.78, 5) is 27.3. The van der Waals surface area contributed by atoms with Gasteiger partial charge in [-0.05, 0) is 56.9 Å². The Morgan fingerprint density at radius 2 is 1.86 bits per heavy atom. The fourth-order valence-electron chi connectivity index (χ4n) is 3.82. The third kappa shape index (κ3) is 5.14. The van der Waals surface area contributed by atoms with E-state index in [1.54, 1.807) is 0 Å². The normalized spacial score (nSPS) is 16.7. The summed E-state index contributed by atoms with van der Waals surface area (Å²) in [5, 5.41) is 3.73. The number of likely N-dealkylation sites (tertiary alicyclic amines) is 1. The standard InChI is InChI=1S/C23H27ClN2O2/c1-16-12-17(2)14-20(13-16)23(28)26-11-5-7-19(15-26)22(27)25-10-9-18-6-3-4-8-21(18)24/h3-4,6,8,12-14,19H,5,7,9-11,15H2,1-2H3,(H,25,27)/t19-/m1/s1. The largest absolute Gasteiger partial charge is 0.355 e. The molecule has 0 unspecified atom stereocenters. The van der Waals surface area contributed by atoms with Gasteiger partial charge in [0, 0.05) is 30.2 Å². The average Bonchev–Trinajstić information content (AvgIpc) is 2.68. The first-order valence-electron chi connectivity index (χ1n) is 9.82. The Bertz CT molecular complexity index is 845. The molecule has 2 amide bonds. The first kappa shape index (κ1) is 20.4. The first-order chi connectivity index (χ1) is 13.4. The van der Waals surface area contributed by atoms with Crippen molar-refractivity contribution in [2.24, 2.45) is 5.92 Å². The van der Waals surface area contributed by atoms with Gasteiger partial charge >= 0.3 is 0 Å². The minimum absolute atomic E-state index is 0.0142. The lowest BCUT2D eigenvalue weighted by Crippen LogP contribution is -2.45. The van der Waals surface area contributed by atoms with E-state index < -0.39 is 0 Å². The van der Waals surface area contributed by atoms with Gasteiger partial charge in [-0.15, -0.1) is 0 Å². The van der Waals surface area contributed by atoms with Crippen LogP contribution in [0.3, 0.4) is 0 Å². The van der Waals surface area contributed by atoms with E-state index in [9.17, 15) is 9.59 Å². The molecule has 1 fully saturated rings. The molecule has 1 saturated heterocycles. The van der Waals surface area contributed by atoms with Gasteiger partial charge in [0.2, 0.25) is 5.91 Å². The van der Waals surface area contributed by atoms with E-state index in [2.05, 4.69) is 11.4 Å². The Labute approximate surface area is 171 Å². The molecule has 0 bridgehead atoms. The number of hydrogen-bond donors (Lipinski definition) is 1. The molecule has 0 saturated carbocycles. The van der Waals surface area contributed by atoms with Crippen LogP contribution in [-0.2, 0) is 11.2 Å². The van der Waals surface area contributed by atoms with Crippen LogP contribution in [0.4, 0.5) is 0 Å². The summed E-state index contributed by atoms with van der Waals surface area (Å²) in [7, 11) is 0. The van der Waals surface area contributed by atoms with E-state index in [4.69, 9.17) is 11.6 Å². The maximum absolute atomic E-state index is 12.9. The highest BCUT2D eigenvalue weighted by molar-refractivity contribution is 6.31. The second-order valence-electron chi connectivity index (χ2n) is 7.60. The van der Waals surface area contributed by atoms with Gasteiger partial charge in [0.1, 0.15) is 0 Å². The molecular formula is C23H27ClN2O2. The number of benzene rings is 2. The van der Waals surface area contributed by atoms with Gasteiger partial charge < -0.3 is 10.2 Å². The molecule has 0 aliphatic carbocycles. The van der Waals surface area contributed by atoms with Gasteiger partial charge in [0.05, 0.1) is 5.92 Å². The molecule has 1 N–H and O–H groups in total. The van der Waals surface area contributed by atoms with Crippen LogP contribution < -0.4 is 5.32 Å². The first-order valence-corrected chi connectivity index (χ1v) is 10.2. The van der Waals surface area contributed by atoms with Crippen LogP contribution in [0.2, 0.25) is 5.02 Å². The Morgan fingerprint density at radius 1 is 1.14 bits per heavy atom. The van der Waals surface area contributed by atoms with Crippen molar-refractivity contribution in [3.8, 4) is 0 Å². The molecule has 1 aliphatic heterocycles.